The predicted molar refractivity (Wildman–Crippen MR) is 116 cm³/mol. The molecule has 2 aromatic rings. The molecule has 0 saturated carbocycles. The van der Waals surface area contributed by atoms with Crippen LogP contribution in [0.1, 0.15) is 53.0 Å². The molecule has 1 aliphatic heterocycles. The molecule has 168 valence electrons. The molecule has 3 rings (SSSR count). The van der Waals surface area contributed by atoms with Gasteiger partial charge in [-0.15, -0.1) is 0 Å². The second-order valence-corrected chi connectivity index (χ2v) is 7.59. The molecule has 2 aromatic carbocycles. The third-order valence-corrected chi connectivity index (χ3v) is 5.47. The Labute approximate surface area is 186 Å². The van der Waals surface area contributed by atoms with Gasteiger partial charge in [0.05, 0.1) is 11.1 Å². The molecule has 4 amide bonds. The lowest BCUT2D eigenvalue weighted by Gasteiger charge is -2.29. The summed E-state index contributed by atoms with van der Waals surface area (Å²) in [5, 5.41) is 2.68. The van der Waals surface area contributed by atoms with E-state index in [1.54, 1.807) is 56.3 Å². The summed E-state index contributed by atoms with van der Waals surface area (Å²) in [5.41, 5.74) is 1.02. The van der Waals surface area contributed by atoms with Crippen molar-refractivity contribution in [1.29, 1.82) is 0 Å². The number of carbonyl (C=O) groups is 4. The van der Waals surface area contributed by atoms with Crippen LogP contribution in [0, 0.1) is 5.82 Å². The highest BCUT2D eigenvalue weighted by Gasteiger charge is 2.35. The van der Waals surface area contributed by atoms with Crippen LogP contribution in [0.3, 0.4) is 0 Å². The van der Waals surface area contributed by atoms with E-state index in [-0.39, 0.29) is 49.6 Å². The molecule has 0 aromatic heterocycles. The van der Waals surface area contributed by atoms with Gasteiger partial charge in [0.25, 0.3) is 11.8 Å². The topological polar surface area (TPSA) is 86.8 Å². The predicted octanol–water partition coefficient (Wildman–Crippen LogP) is 2.76. The first kappa shape index (κ1) is 23.1. The smallest absolute Gasteiger partial charge is 0.261 e. The van der Waals surface area contributed by atoms with Gasteiger partial charge in [0.1, 0.15) is 11.9 Å². The molecule has 32 heavy (non-hydrogen) atoms. The van der Waals surface area contributed by atoms with Gasteiger partial charge in [-0.2, -0.15) is 0 Å². The van der Waals surface area contributed by atoms with Crippen LogP contribution in [0.25, 0.3) is 0 Å². The monoisotopic (exact) mass is 439 g/mol. The van der Waals surface area contributed by atoms with Gasteiger partial charge in [0.15, 0.2) is 0 Å². The van der Waals surface area contributed by atoms with Gasteiger partial charge in [-0.3, -0.25) is 24.1 Å². The van der Waals surface area contributed by atoms with E-state index in [4.69, 9.17) is 0 Å². The minimum atomic E-state index is -0.804. The number of hydrogen-bond donors (Lipinski definition) is 1. The van der Waals surface area contributed by atoms with E-state index in [1.165, 1.54) is 11.0 Å². The van der Waals surface area contributed by atoms with Crippen molar-refractivity contribution in [3.63, 3.8) is 0 Å². The van der Waals surface area contributed by atoms with Crippen molar-refractivity contribution in [2.45, 2.75) is 39.3 Å². The average molecular weight is 439 g/mol. The molecular formula is C24H26FN3O4. The largest absolute Gasteiger partial charge is 0.355 e. The highest BCUT2D eigenvalue weighted by atomic mass is 19.1. The summed E-state index contributed by atoms with van der Waals surface area (Å²) in [6.07, 6.45) is 0.242. The van der Waals surface area contributed by atoms with E-state index in [0.29, 0.717) is 23.2 Å². The fourth-order valence-corrected chi connectivity index (χ4v) is 3.69. The molecule has 0 unspecified atom stereocenters. The van der Waals surface area contributed by atoms with Crippen molar-refractivity contribution in [1.82, 2.24) is 15.1 Å². The number of likely N-dealkylation sites (N-methyl/N-ethyl adjacent to an activating group) is 1. The maximum atomic E-state index is 14.2. The quantitative estimate of drug-likeness (QED) is 0.609. The highest BCUT2D eigenvalue weighted by Crippen LogP contribution is 2.23. The van der Waals surface area contributed by atoms with E-state index in [1.807, 2.05) is 0 Å². The summed E-state index contributed by atoms with van der Waals surface area (Å²) < 4.78 is 14.2. The zero-order valence-electron chi connectivity index (χ0n) is 18.1. The third-order valence-electron chi connectivity index (χ3n) is 5.47. The Morgan fingerprint density at radius 2 is 1.62 bits per heavy atom. The number of carbonyl (C=O) groups excluding carboxylic acids is 4. The molecule has 0 aliphatic carbocycles. The lowest BCUT2D eigenvalue weighted by molar-refractivity contribution is -0.140. The second-order valence-electron chi connectivity index (χ2n) is 7.59. The maximum Gasteiger partial charge on any atom is 0.261 e. The molecule has 1 heterocycles. The summed E-state index contributed by atoms with van der Waals surface area (Å²) in [7, 11) is 0. The van der Waals surface area contributed by atoms with Gasteiger partial charge in [0.2, 0.25) is 11.8 Å². The van der Waals surface area contributed by atoms with Crippen molar-refractivity contribution < 1.29 is 23.6 Å². The number of amides is 4. The lowest BCUT2D eigenvalue weighted by Crippen LogP contribution is -2.47. The van der Waals surface area contributed by atoms with E-state index >= 15 is 0 Å². The van der Waals surface area contributed by atoms with E-state index in [9.17, 15) is 23.6 Å². The van der Waals surface area contributed by atoms with Crippen LogP contribution in [0.2, 0.25) is 0 Å². The first-order valence-electron chi connectivity index (χ1n) is 10.6. The Balaban J connectivity index is 1.67. The number of halogens is 1. The Bertz CT molecular complexity index is 1000. The fourth-order valence-electron chi connectivity index (χ4n) is 3.69. The van der Waals surface area contributed by atoms with Gasteiger partial charge < -0.3 is 10.2 Å². The highest BCUT2D eigenvalue weighted by molar-refractivity contribution is 6.21. The Kier molecular flexibility index (Phi) is 7.35. The normalized spacial score (nSPS) is 13.7. The molecule has 0 spiro atoms. The molecule has 7 nitrogen and oxygen atoms in total. The van der Waals surface area contributed by atoms with Crippen LogP contribution in [-0.4, -0.2) is 52.6 Å². The van der Waals surface area contributed by atoms with Crippen molar-refractivity contribution in [2.75, 3.05) is 13.1 Å². The summed E-state index contributed by atoms with van der Waals surface area (Å²) in [6.45, 7) is 3.80. The molecular weight excluding hydrogens is 413 g/mol. The fraction of sp³-hybridized carbons (Fsp3) is 0.333. The van der Waals surface area contributed by atoms with Gasteiger partial charge in [-0.1, -0.05) is 30.3 Å². The number of hydrogen-bond acceptors (Lipinski definition) is 4. The minimum absolute atomic E-state index is 0.00556. The van der Waals surface area contributed by atoms with Gasteiger partial charge in [0, 0.05) is 31.6 Å². The molecule has 0 bridgehead atoms. The molecule has 1 atom stereocenters. The van der Waals surface area contributed by atoms with Crippen LogP contribution in [0.15, 0.2) is 48.5 Å². The standard InChI is InChI=1S/C24H26FN3O4/c1-3-26-22(30)16(2)28(15-17-9-4-7-12-20(17)25)21(29)13-8-14-27-23(31)18-10-5-6-11-19(18)24(27)32/h4-7,9-12,16H,3,8,13-15H2,1-2H3,(H,26,30)/t16-/m0/s1. The van der Waals surface area contributed by atoms with Crippen molar-refractivity contribution >= 4 is 23.6 Å². The number of nitrogens with zero attached hydrogens (tertiary/aromatic N) is 2. The van der Waals surface area contributed by atoms with Crippen molar-refractivity contribution in [2.24, 2.45) is 0 Å². The summed E-state index contributed by atoms with van der Waals surface area (Å²) in [5.74, 6) is -1.91. The van der Waals surface area contributed by atoms with Crippen molar-refractivity contribution in [3.8, 4) is 0 Å². The molecule has 0 fully saturated rings. The van der Waals surface area contributed by atoms with Gasteiger partial charge in [-0.05, 0) is 38.5 Å². The molecule has 8 heteroatoms. The second kappa shape index (κ2) is 10.2. The van der Waals surface area contributed by atoms with E-state index in [0.717, 1.165) is 4.90 Å². The summed E-state index contributed by atoms with van der Waals surface area (Å²) in [6, 6.07) is 11.9. The minimum Gasteiger partial charge on any atom is -0.355 e. The number of imide groups is 1. The van der Waals surface area contributed by atoms with Gasteiger partial charge >= 0.3 is 0 Å². The van der Waals surface area contributed by atoms with E-state index < -0.39 is 11.9 Å². The Morgan fingerprint density at radius 1 is 1.03 bits per heavy atom. The van der Waals surface area contributed by atoms with E-state index in [2.05, 4.69) is 5.32 Å². The maximum absolute atomic E-state index is 14.2. The number of nitrogens with one attached hydrogen (secondary N) is 1. The number of rotatable bonds is 9. The number of benzene rings is 2. The zero-order chi connectivity index (χ0) is 23.3. The van der Waals surface area contributed by atoms with Crippen LogP contribution < -0.4 is 5.32 Å². The Morgan fingerprint density at radius 3 is 2.22 bits per heavy atom. The zero-order valence-corrected chi connectivity index (χ0v) is 18.1. The van der Waals surface area contributed by atoms with Crippen LogP contribution >= 0.6 is 0 Å². The van der Waals surface area contributed by atoms with Gasteiger partial charge in [-0.25, -0.2) is 4.39 Å². The Hall–Kier alpha value is -3.55. The molecule has 0 radical (unpaired) electrons. The summed E-state index contributed by atoms with van der Waals surface area (Å²) >= 11 is 0. The SMILES string of the molecule is CCNC(=O)[C@H](C)N(Cc1ccccc1F)C(=O)CCCN1C(=O)c2ccccc2C1=O. The number of fused-ring (bicyclic) bond motifs is 1. The first-order chi connectivity index (χ1) is 15.3. The van der Waals surface area contributed by atoms with Crippen LogP contribution in [0.4, 0.5) is 4.39 Å². The molecule has 0 saturated heterocycles. The lowest BCUT2D eigenvalue weighted by atomic mass is 10.1. The van der Waals surface area contributed by atoms with Crippen LogP contribution in [-0.2, 0) is 16.1 Å². The molecule has 1 N–H and O–H groups in total. The molecule has 1 aliphatic rings. The van der Waals surface area contributed by atoms with Crippen molar-refractivity contribution in [3.05, 3.63) is 71.0 Å². The summed E-state index contributed by atoms with van der Waals surface area (Å²) in [4.78, 5) is 52.8. The third kappa shape index (κ3) is 4.85. The average Bonchev–Trinajstić information content (AvgIpc) is 3.03. The van der Waals surface area contributed by atoms with Crippen LogP contribution in [0.5, 0.6) is 0 Å². The first-order valence-corrected chi connectivity index (χ1v) is 10.6.